The van der Waals surface area contributed by atoms with Crippen molar-refractivity contribution in [2.24, 2.45) is 0 Å². The van der Waals surface area contributed by atoms with Crippen LogP contribution in [-0.4, -0.2) is 35.1 Å². The maximum absolute atomic E-state index is 5.71. The van der Waals surface area contributed by atoms with Crippen LogP contribution in [0.2, 0.25) is 0 Å². The van der Waals surface area contributed by atoms with Crippen LogP contribution in [0.15, 0.2) is 30.3 Å². The van der Waals surface area contributed by atoms with Gasteiger partial charge in [-0.05, 0) is 12.0 Å². The Labute approximate surface area is 118 Å². The molecule has 1 aliphatic carbocycles. The molecule has 6 heteroatoms. The molecule has 2 atom stereocenters. The summed E-state index contributed by atoms with van der Waals surface area (Å²) in [5.74, 6) is 1.88. The molecular formula is C14H18N6. The summed E-state index contributed by atoms with van der Waals surface area (Å²) >= 11 is 0. The van der Waals surface area contributed by atoms with Crippen molar-refractivity contribution in [3.05, 3.63) is 35.9 Å². The number of nitrogens with zero attached hydrogens (tertiary/aromatic N) is 4. The maximum Gasteiger partial charge on any atom is 0.231 e. The summed E-state index contributed by atoms with van der Waals surface area (Å²) in [5.41, 5.74) is 7.06. The van der Waals surface area contributed by atoms with Gasteiger partial charge in [-0.1, -0.05) is 30.3 Å². The molecule has 20 heavy (non-hydrogen) atoms. The Kier molecular flexibility index (Phi) is 3.14. The second-order valence-electron chi connectivity index (χ2n) is 5.22. The molecule has 0 saturated heterocycles. The van der Waals surface area contributed by atoms with Crippen molar-refractivity contribution in [3.63, 3.8) is 0 Å². The van der Waals surface area contributed by atoms with Gasteiger partial charge in [0.1, 0.15) is 0 Å². The zero-order chi connectivity index (χ0) is 14.1. The monoisotopic (exact) mass is 270 g/mol. The van der Waals surface area contributed by atoms with Gasteiger partial charge in [0, 0.05) is 26.1 Å². The Bertz CT molecular complexity index is 598. The van der Waals surface area contributed by atoms with Crippen molar-refractivity contribution >= 4 is 17.8 Å². The van der Waals surface area contributed by atoms with Gasteiger partial charge in [0.25, 0.3) is 0 Å². The maximum atomic E-state index is 5.71. The summed E-state index contributed by atoms with van der Waals surface area (Å²) in [4.78, 5) is 14.4. The van der Waals surface area contributed by atoms with E-state index in [-0.39, 0.29) is 5.95 Å². The van der Waals surface area contributed by atoms with E-state index in [0.29, 0.717) is 23.9 Å². The highest BCUT2D eigenvalue weighted by atomic mass is 15.3. The highest BCUT2D eigenvalue weighted by Gasteiger charge is 2.38. The van der Waals surface area contributed by atoms with E-state index < -0.39 is 0 Å². The van der Waals surface area contributed by atoms with Gasteiger partial charge in [0.15, 0.2) is 0 Å². The highest BCUT2D eigenvalue weighted by molar-refractivity contribution is 5.44. The molecule has 0 bridgehead atoms. The Morgan fingerprint density at radius 1 is 1.15 bits per heavy atom. The lowest BCUT2D eigenvalue weighted by molar-refractivity contribution is 0.939. The van der Waals surface area contributed by atoms with E-state index in [1.54, 1.807) is 0 Å². The number of aromatic nitrogens is 3. The molecule has 2 unspecified atom stereocenters. The van der Waals surface area contributed by atoms with Crippen molar-refractivity contribution in [2.45, 2.75) is 18.4 Å². The SMILES string of the molecule is CN(C)c1nc(N)nc(NC2CC2c2ccccc2)n1. The Balaban J connectivity index is 1.71. The van der Waals surface area contributed by atoms with Crippen LogP contribution in [-0.2, 0) is 0 Å². The molecule has 1 fully saturated rings. The number of hydrogen-bond donors (Lipinski definition) is 2. The minimum Gasteiger partial charge on any atom is -0.368 e. The Hall–Kier alpha value is -2.37. The lowest BCUT2D eigenvalue weighted by atomic mass is 10.1. The third-order valence-corrected chi connectivity index (χ3v) is 3.37. The quantitative estimate of drug-likeness (QED) is 0.876. The second-order valence-corrected chi connectivity index (χ2v) is 5.22. The highest BCUT2D eigenvalue weighted by Crippen LogP contribution is 2.42. The minimum absolute atomic E-state index is 0.239. The summed E-state index contributed by atoms with van der Waals surface area (Å²) in [7, 11) is 3.75. The van der Waals surface area contributed by atoms with Crippen molar-refractivity contribution < 1.29 is 0 Å². The fourth-order valence-corrected chi connectivity index (χ4v) is 2.23. The standard InChI is InChI=1S/C14H18N6/c1-20(2)14-18-12(15)17-13(19-14)16-11-8-10(11)9-6-4-3-5-7-9/h3-7,10-11H,8H2,1-2H3,(H3,15,16,17,18,19). The van der Waals surface area contributed by atoms with Gasteiger partial charge in [-0.15, -0.1) is 0 Å². The predicted octanol–water partition coefficient (Wildman–Crippen LogP) is 1.49. The molecule has 1 saturated carbocycles. The smallest absolute Gasteiger partial charge is 0.231 e. The van der Waals surface area contributed by atoms with Gasteiger partial charge >= 0.3 is 0 Å². The molecule has 1 aliphatic rings. The van der Waals surface area contributed by atoms with E-state index in [9.17, 15) is 0 Å². The molecule has 1 aromatic heterocycles. The molecule has 3 N–H and O–H groups in total. The lowest BCUT2D eigenvalue weighted by Crippen LogP contribution is -2.17. The van der Waals surface area contributed by atoms with E-state index >= 15 is 0 Å². The van der Waals surface area contributed by atoms with Gasteiger partial charge in [-0.2, -0.15) is 15.0 Å². The molecule has 0 radical (unpaired) electrons. The van der Waals surface area contributed by atoms with E-state index in [2.05, 4.69) is 44.5 Å². The average Bonchev–Trinajstić information content (AvgIpc) is 3.18. The molecule has 104 valence electrons. The molecular weight excluding hydrogens is 252 g/mol. The number of hydrogen-bond acceptors (Lipinski definition) is 6. The van der Waals surface area contributed by atoms with Crippen LogP contribution >= 0.6 is 0 Å². The molecule has 2 aromatic rings. The topological polar surface area (TPSA) is 80.0 Å². The van der Waals surface area contributed by atoms with Crippen LogP contribution in [0.3, 0.4) is 0 Å². The third-order valence-electron chi connectivity index (χ3n) is 3.37. The summed E-state index contributed by atoms with van der Waals surface area (Å²) < 4.78 is 0. The van der Waals surface area contributed by atoms with E-state index in [1.165, 1.54) is 5.56 Å². The van der Waals surface area contributed by atoms with E-state index in [4.69, 9.17) is 5.73 Å². The number of nitrogens with two attached hydrogens (primary N) is 1. The van der Waals surface area contributed by atoms with Gasteiger partial charge < -0.3 is 16.0 Å². The largest absolute Gasteiger partial charge is 0.368 e. The molecule has 0 aliphatic heterocycles. The van der Waals surface area contributed by atoms with Gasteiger partial charge in [-0.3, -0.25) is 0 Å². The zero-order valence-electron chi connectivity index (χ0n) is 11.6. The zero-order valence-corrected chi connectivity index (χ0v) is 11.6. The molecule has 0 amide bonds. The van der Waals surface area contributed by atoms with Crippen molar-refractivity contribution in [3.8, 4) is 0 Å². The first-order valence-corrected chi connectivity index (χ1v) is 6.64. The fraction of sp³-hybridized carbons (Fsp3) is 0.357. The Morgan fingerprint density at radius 3 is 2.60 bits per heavy atom. The van der Waals surface area contributed by atoms with Crippen molar-refractivity contribution in [1.29, 1.82) is 0 Å². The van der Waals surface area contributed by atoms with Crippen molar-refractivity contribution in [2.75, 3.05) is 30.0 Å². The summed E-state index contributed by atoms with van der Waals surface area (Å²) in [6, 6.07) is 10.8. The molecule has 3 rings (SSSR count). The molecule has 0 spiro atoms. The Morgan fingerprint density at radius 2 is 1.90 bits per heavy atom. The van der Waals surface area contributed by atoms with Gasteiger partial charge in [0.05, 0.1) is 0 Å². The van der Waals surface area contributed by atoms with Crippen LogP contribution in [0.25, 0.3) is 0 Å². The van der Waals surface area contributed by atoms with Crippen LogP contribution < -0.4 is 16.0 Å². The number of anilines is 3. The number of benzene rings is 1. The van der Waals surface area contributed by atoms with Crippen LogP contribution in [0, 0.1) is 0 Å². The number of nitrogens with one attached hydrogen (secondary N) is 1. The normalized spacial score (nSPS) is 20.5. The van der Waals surface area contributed by atoms with E-state index in [0.717, 1.165) is 6.42 Å². The first-order valence-electron chi connectivity index (χ1n) is 6.64. The summed E-state index contributed by atoms with van der Waals surface area (Å²) in [6.45, 7) is 0. The van der Waals surface area contributed by atoms with Gasteiger partial charge in [0.2, 0.25) is 17.8 Å². The molecule has 1 heterocycles. The van der Waals surface area contributed by atoms with Crippen LogP contribution in [0.5, 0.6) is 0 Å². The molecule has 1 aromatic carbocycles. The number of rotatable bonds is 4. The second kappa shape index (κ2) is 4.96. The average molecular weight is 270 g/mol. The van der Waals surface area contributed by atoms with E-state index in [1.807, 2.05) is 25.1 Å². The van der Waals surface area contributed by atoms with Crippen LogP contribution in [0.4, 0.5) is 17.8 Å². The minimum atomic E-state index is 0.239. The fourth-order valence-electron chi connectivity index (χ4n) is 2.23. The lowest BCUT2D eigenvalue weighted by Gasteiger charge is -2.12. The summed E-state index contributed by atoms with van der Waals surface area (Å²) in [6.07, 6.45) is 1.09. The van der Waals surface area contributed by atoms with Crippen molar-refractivity contribution in [1.82, 2.24) is 15.0 Å². The van der Waals surface area contributed by atoms with Crippen LogP contribution in [0.1, 0.15) is 17.9 Å². The predicted molar refractivity (Wildman–Crippen MR) is 79.8 cm³/mol. The third kappa shape index (κ3) is 2.64. The first kappa shape index (κ1) is 12.7. The molecule has 6 nitrogen and oxygen atoms in total. The summed E-state index contributed by atoms with van der Waals surface area (Å²) in [5, 5.41) is 3.33. The first-order chi connectivity index (χ1) is 9.63. The van der Waals surface area contributed by atoms with Gasteiger partial charge in [-0.25, -0.2) is 0 Å². The number of nitrogen functional groups attached to an aromatic ring is 1.